The number of aryl methyl sites for hydroxylation is 1. The number of nitrogen functional groups attached to an aromatic ring is 1. The number of carbonyl (C=O) groups is 1. The van der Waals surface area contributed by atoms with Crippen molar-refractivity contribution in [2.75, 3.05) is 12.3 Å². The second-order valence-electron chi connectivity index (χ2n) is 4.24. The van der Waals surface area contributed by atoms with E-state index in [1.54, 1.807) is 6.92 Å². The summed E-state index contributed by atoms with van der Waals surface area (Å²) >= 11 is 5.80. The molecule has 0 aliphatic carbocycles. The summed E-state index contributed by atoms with van der Waals surface area (Å²) in [4.78, 5) is 11.8. The van der Waals surface area contributed by atoms with Gasteiger partial charge in [0.1, 0.15) is 0 Å². The van der Waals surface area contributed by atoms with Crippen LogP contribution in [0.25, 0.3) is 0 Å². The number of rotatable bonds is 4. The van der Waals surface area contributed by atoms with Crippen LogP contribution in [0.1, 0.15) is 21.7 Å². The summed E-state index contributed by atoms with van der Waals surface area (Å²) in [5.74, 6) is -0.268. The highest BCUT2D eigenvalue weighted by molar-refractivity contribution is 6.30. The molecule has 0 aliphatic heterocycles. The van der Waals surface area contributed by atoms with Crippen LogP contribution in [0.15, 0.2) is 24.3 Å². The molecule has 0 spiro atoms. The van der Waals surface area contributed by atoms with Crippen LogP contribution in [0.2, 0.25) is 5.02 Å². The maximum atomic E-state index is 11.8. The van der Waals surface area contributed by atoms with Crippen LogP contribution in [-0.4, -0.2) is 22.6 Å². The number of H-pyrrole nitrogens is 1. The number of anilines is 1. The van der Waals surface area contributed by atoms with Gasteiger partial charge in [-0.1, -0.05) is 23.7 Å². The molecule has 0 radical (unpaired) electrons. The number of hydrogen-bond acceptors (Lipinski definition) is 3. The molecule has 4 N–H and O–H groups in total. The molecule has 5 nitrogen and oxygen atoms in total. The topological polar surface area (TPSA) is 83.8 Å². The summed E-state index contributed by atoms with van der Waals surface area (Å²) in [6, 6.07) is 7.52. The Bertz CT molecular complexity index is 577. The Morgan fingerprint density at radius 1 is 1.42 bits per heavy atom. The van der Waals surface area contributed by atoms with Gasteiger partial charge < -0.3 is 11.1 Å². The van der Waals surface area contributed by atoms with Gasteiger partial charge in [-0.2, -0.15) is 5.10 Å². The molecule has 0 fully saturated rings. The Kier molecular flexibility index (Phi) is 4.06. The van der Waals surface area contributed by atoms with Gasteiger partial charge in [-0.15, -0.1) is 0 Å². The first-order valence-corrected chi connectivity index (χ1v) is 6.29. The standard InChI is InChI=1S/C13H15ClN4O/c1-8-11(15)12(18-17-8)13(19)16-7-6-9-2-4-10(14)5-3-9/h2-5H,6-7,15H2,1H3,(H,16,19)(H,17,18). The maximum absolute atomic E-state index is 11.8. The van der Waals surface area contributed by atoms with Crippen molar-refractivity contribution in [1.29, 1.82) is 0 Å². The molecule has 0 bridgehead atoms. The Labute approximate surface area is 116 Å². The lowest BCUT2D eigenvalue weighted by Crippen LogP contribution is -2.26. The van der Waals surface area contributed by atoms with E-state index in [1.165, 1.54) is 0 Å². The lowest BCUT2D eigenvalue weighted by Gasteiger charge is -2.04. The second kappa shape index (κ2) is 5.75. The third-order valence-electron chi connectivity index (χ3n) is 2.82. The summed E-state index contributed by atoms with van der Waals surface area (Å²) in [6.07, 6.45) is 0.728. The normalized spacial score (nSPS) is 10.4. The number of hydrogen-bond donors (Lipinski definition) is 3. The molecule has 19 heavy (non-hydrogen) atoms. The Hall–Kier alpha value is -2.01. The number of aromatic nitrogens is 2. The molecule has 0 aliphatic rings. The van der Waals surface area contributed by atoms with Crippen molar-refractivity contribution in [2.24, 2.45) is 0 Å². The number of nitrogens with one attached hydrogen (secondary N) is 2. The van der Waals surface area contributed by atoms with Gasteiger partial charge in [0.05, 0.1) is 11.4 Å². The highest BCUT2D eigenvalue weighted by Gasteiger charge is 2.14. The molecule has 1 heterocycles. The SMILES string of the molecule is Cc1[nH]nc(C(=O)NCCc2ccc(Cl)cc2)c1N. The number of halogens is 1. The zero-order valence-electron chi connectivity index (χ0n) is 10.5. The zero-order valence-corrected chi connectivity index (χ0v) is 11.3. The van der Waals surface area contributed by atoms with Crippen LogP contribution in [0.5, 0.6) is 0 Å². The number of amides is 1. The van der Waals surface area contributed by atoms with Gasteiger partial charge in [-0.05, 0) is 31.0 Å². The molecule has 6 heteroatoms. The third-order valence-corrected chi connectivity index (χ3v) is 3.07. The van der Waals surface area contributed by atoms with E-state index in [-0.39, 0.29) is 11.6 Å². The average molecular weight is 279 g/mol. The van der Waals surface area contributed by atoms with Crippen molar-refractivity contribution in [2.45, 2.75) is 13.3 Å². The average Bonchev–Trinajstić information content (AvgIpc) is 2.72. The Balaban J connectivity index is 1.87. The predicted octanol–water partition coefficient (Wildman–Crippen LogP) is 1.93. The largest absolute Gasteiger partial charge is 0.395 e. The molecule has 1 aromatic heterocycles. The van der Waals surface area contributed by atoms with Crippen LogP contribution < -0.4 is 11.1 Å². The number of nitrogens with two attached hydrogens (primary N) is 1. The van der Waals surface area contributed by atoms with E-state index < -0.39 is 0 Å². The summed E-state index contributed by atoms with van der Waals surface area (Å²) < 4.78 is 0. The third kappa shape index (κ3) is 3.26. The van der Waals surface area contributed by atoms with Crippen molar-refractivity contribution in [3.63, 3.8) is 0 Å². The van der Waals surface area contributed by atoms with E-state index in [0.717, 1.165) is 12.0 Å². The summed E-state index contributed by atoms with van der Waals surface area (Å²) in [6.45, 7) is 2.29. The molecule has 1 aromatic carbocycles. The molecule has 100 valence electrons. The molecule has 0 saturated carbocycles. The van der Waals surface area contributed by atoms with E-state index >= 15 is 0 Å². The van der Waals surface area contributed by atoms with E-state index in [1.807, 2.05) is 24.3 Å². The fourth-order valence-electron chi connectivity index (χ4n) is 1.67. The second-order valence-corrected chi connectivity index (χ2v) is 4.68. The van der Waals surface area contributed by atoms with Crippen molar-refractivity contribution >= 4 is 23.2 Å². The minimum atomic E-state index is -0.268. The van der Waals surface area contributed by atoms with E-state index in [2.05, 4.69) is 15.5 Å². The molecule has 2 aromatic rings. The van der Waals surface area contributed by atoms with Crippen LogP contribution >= 0.6 is 11.6 Å². The number of nitrogens with zero attached hydrogens (tertiary/aromatic N) is 1. The van der Waals surface area contributed by atoms with Crippen molar-refractivity contribution in [1.82, 2.24) is 15.5 Å². The van der Waals surface area contributed by atoms with Gasteiger partial charge in [0, 0.05) is 11.6 Å². The Morgan fingerprint density at radius 2 is 2.11 bits per heavy atom. The first-order chi connectivity index (χ1) is 9.08. The molecular weight excluding hydrogens is 264 g/mol. The number of carbonyl (C=O) groups excluding carboxylic acids is 1. The van der Waals surface area contributed by atoms with Gasteiger partial charge in [-0.25, -0.2) is 0 Å². The molecule has 2 rings (SSSR count). The van der Waals surface area contributed by atoms with Crippen LogP contribution in [-0.2, 0) is 6.42 Å². The van der Waals surface area contributed by atoms with Crippen molar-refractivity contribution in [3.05, 3.63) is 46.2 Å². The van der Waals surface area contributed by atoms with E-state index in [9.17, 15) is 4.79 Å². The summed E-state index contributed by atoms with van der Waals surface area (Å²) in [5, 5.41) is 10.0. The maximum Gasteiger partial charge on any atom is 0.273 e. The van der Waals surface area contributed by atoms with E-state index in [4.69, 9.17) is 17.3 Å². The lowest BCUT2D eigenvalue weighted by molar-refractivity contribution is 0.0950. The van der Waals surface area contributed by atoms with E-state index in [0.29, 0.717) is 22.9 Å². The molecule has 1 amide bonds. The predicted molar refractivity (Wildman–Crippen MR) is 75.2 cm³/mol. The summed E-state index contributed by atoms with van der Waals surface area (Å²) in [7, 11) is 0. The van der Waals surface area contributed by atoms with Gasteiger partial charge in [0.2, 0.25) is 0 Å². The minimum Gasteiger partial charge on any atom is -0.395 e. The van der Waals surface area contributed by atoms with Gasteiger partial charge in [-0.3, -0.25) is 9.89 Å². The lowest BCUT2D eigenvalue weighted by atomic mass is 10.1. The smallest absolute Gasteiger partial charge is 0.273 e. The van der Waals surface area contributed by atoms with Crippen molar-refractivity contribution in [3.8, 4) is 0 Å². The van der Waals surface area contributed by atoms with Gasteiger partial charge >= 0.3 is 0 Å². The molecule has 0 atom stereocenters. The van der Waals surface area contributed by atoms with Crippen LogP contribution in [0.3, 0.4) is 0 Å². The van der Waals surface area contributed by atoms with Crippen LogP contribution in [0.4, 0.5) is 5.69 Å². The fourth-order valence-corrected chi connectivity index (χ4v) is 1.79. The van der Waals surface area contributed by atoms with Crippen LogP contribution in [0, 0.1) is 6.92 Å². The zero-order chi connectivity index (χ0) is 13.8. The first kappa shape index (κ1) is 13.4. The highest BCUT2D eigenvalue weighted by atomic mass is 35.5. The molecular formula is C13H15ClN4O. The monoisotopic (exact) mass is 278 g/mol. The van der Waals surface area contributed by atoms with Crippen molar-refractivity contribution < 1.29 is 4.79 Å². The fraction of sp³-hybridized carbons (Fsp3) is 0.231. The quantitative estimate of drug-likeness (QED) is 0.799. The number of benzene rings is 1. The first-order valence-electron chi connectivity index (χ1n) is 5.91. The molecule has 0 unspecified atom stereocenters. The highest BCUT2D eigenvalue weighted by Crippen LogP contribution is 2.12. The van der Waals surface area contributed by atoms with Gasteiger partial charge in [0.25, 0.3) is 5.91 Å². The number of aromatic amines is 1. The summed E-state index contributed by atoms with van der Waals surface area (Å²) in [5.41, 5.74) is 8.17. The minimum absolute atomic E-state index is 0.244. The molecule has 0 saturated heterocycles. The Morgan fingerprint density at radius 3 is 2.68 bits per heavy atom. The van der Waals surface area contributed by atoms with Gasteiger partial charge in [0.15, 0.2) is 5.69 Å².